The van der Waals surface area contributed by atoms with Crippen molar-refractivity contribution in [1.82, 2.24) is 4.90 Å². The first-order chi connectivity index (χ1) is 15.3. The number of carbonyl (C=O) groups is 2. The zero-order valence-electron chi connectivity index (χ0n) is 19.3. The van der Waals surface area contributed by atoms with Crippen LogP contribution in [0.2, 0.25) is 0 Å². The molecule has 0 bridgehead atoms. The summed E-state index contributed by atoms with van der Waals surface area (Å²) in [6.07, 6.45) is -0.0724. The van der Waals surface area contributed by atoms with Crippen LogP contribution >= 0.6 is 0 Å². The minimum atomic E-state index is -0.298. The van der Waals surface area contributed by atoms with Crippen molar-refractivity contribution in [2.24, 2.45) is 0 Å². The van der Waals surface area contributed by atoms with Crippen LogP contribution in [0.4, 0.5) is 5.69 Å². The summed E-state index contributed by atoms with van der Waals surface area (Å²) in [5, 5.41) is 0. The van der Waals surface area contributed by atoms with E-state index in [0.29, 0.717) is 42.2 Å². The molecule has 2 atom stereocenters. The average Bonchev–Trinajstić information content (AvgIpc) is 2.99. The standard InChI is InChI=1S/C26H30N2O4/c1-6-31-21-10-8-20(9-11-21)23-24(27-14-18(4)32-19(5)15-27)26(30)28(25(23)29)22-12-7-16(2)13-17(22)3/h7-13,18-19H,6,14-15H2,1-5H3. The summed E-state index contributed by atoms with van der Waals surface area (Å²) in [4.78, 5) is 30.8. The third kappa shape index (κ3) is 4.02. The quantitative estimate of drug-likeness (QED) is 0.664. The third-order valence-corrected chi connectivity index (χ3v) is 5.84. The van der Waals surface area contributed by atoms with Gasteiger partial charge in [-0.2, -0.15) is 0 Å². The molecule has 1 fully saturated rings. The van der Waals surface area contributed by atoms with Gasteiger partial charge >= 0.3 is 0 Å². The monoisotopic (exact) mass is 434 g/mol. The molecule has 1 saturated heterocycles. The van der Waals surface area contributed by atoms with Crippen LogP contribution in [0, 0.1) is 13.8 Å². The number of imide groups is 1. The van der Waals surface area contributed by atoms with Crippen LogP contribution in [0.5, 0.6) is 5.75 Å². The summed E-state index contributed by atoms with van der Waals surface area (Å²) >= 11 is 0. The van der Waals surface area contributed by atoms with Gasteiger partial charge in [-0.05, 0) is 63.9 Å². The first kappa shape index (κ1) is 22.1. The Morgan fingerprint density at radius 3 is 2.22 bits per heavy atom. The van der Waals surface area contributed by atoms with E-state index in [-0.39, 0.29) is 24.0 Å². The number of rotatable bonds is 5. The fraction of sp³-hybridized carbons (Fsp3) is 0.385. The first-order valence-corrected chi connectivity index (χ1v) is 11.1. The SMILES string of the molecule is CCOc1ccc(C2=C(N3CC(C)OC(C)C3)C(=O)N(c3ccc(C)cc3C)C2=O)cc1. The molecule has 0 N–H and O–H groups in total. The topological polar surface area (TPSA) is 59.1 Å². The second kappa shape index (κ2) is 8.79. The van der Waals surface area contributed by atoms with Crippen molar-refractivity contribution in [3.63, 3.8) is 0 Å². The molecule has 2 amide bonds. The van der Waals surface area contributed by atoms with Gasteiger partial charge in [0.15, 0.2) is 0 Å². The lowest BCUT2D eigenvalue weighted by atomic mass is 10.0. The maximum absolute atomic E-state index is 13.8. The smallest absolute Gasteiger partial charge is 0.282 e. The summed E-state index contributed by atoms with van der Waals surface area (Å²) in [6, 6.07) is 13.1. The Balaban J connectivity index is 1.82. The first-order valence-electron chi connectivity index (χ1n) is 11.1. The van der Waals surface area contributed by atoms with E-state index in [2.05, 4.69) is 0 Å². The van der Waals surface area contributed by atoms with Gasteiger partial charge in [-0.1, -0.05) is 29.8 Å². The molecule has 6 heteroatoms. The van der Waals surface area contributed by atoms with Gasteiger partial charge in [-0.15, -0.1) is 0 Å². The lowest BCUT2D eigenvalue weighted by molar-refractivity contribution is -0.121. The van der Waals surface area contributed by atoms with Crippen LogP contribution in [0.3, 0.4) is 0 Å². The predicted molar refractivity (Wildman–Crippen MR) is 125 cm³/mol. The molecule has 32 heavy (non-hydrogen) atoms. The van der Waals surface area contributed by atoms with Crippen LogP contribution in [0.1, 0.15) is 37.5 Å². The zero-order valence-corrected chi connectivity index (χ0v) is 19.3. The van der Waals surface area contributed by atoms with Crippen molar-refractivity contribution in [2.45, 2.75) is 46.8 Å². The molecule has 2 aromatic rings. The van der Waals surface area contributed by atoms with E-state index in [1.54, 1.807) is 0 Å². The maximum Gasteiger partial charge on any atom is 0.282 e. The van der Waals surface area contributed by atoms with Crippen molar-refractivity contribution in [3.05, 3.63) is 64.9 Å². The van der Waals surface area contributed by atoms with E-state index in [0.717, 1.165) is 16.9 Å². The number of anilines is 1. The van der Waals surface area contributed by atoms with E-state index >= 15 is 0 Å². The second-order valence-electron chi connectivity index (χ2n) is 8.58. The largest absolute Gasteiger partial charge is 0.494 e. The van der Waals surface area contributed by atoms with Gasteiger partial charge < -0.3 is 14.4 Å². The number of amides is 2. The highest BCUT2D eigenvalue weighted by Crippen LogP contribution is 2.37. The number of benzene rings is 2. The van der Waals surface area contributed by atoms with E-state index in [1.807, 2.05) is 82.0 Å². The maximum atomic E-state index is 13.8. The number of nitrogens with zero attached hydrogens (tertiary/aromatic N) is 2. The number of morpholine rings is 1. The molecule has 0 spiro atoms. The highest BCUT2D eigenvalue weighted by atomic mass is 16.5. The fourth-order valence-electron chi connectivity index (χ4n) is 4.59. The van der Waals surface area contributed by atoms with Gasteiger partial charge in [0.1, 0.15) is 11.4 Å². The highest BCUT2D eigenvalue weighted by molar-refractivity contribution is 6.45. The molecule has 2 aliphatic heterocycles. The van der Waals surface area contributed by atoms with Crippen molar-refractivity contribution in [2.75, 3.05) is 24.6 Å². The van der Waals surface area contributed by atoms with Crippen LogP contribution < -0.4 is 9.64 Å². The minimum absolute atomic E-state index is 0.0362. The van der Waals surface area contributed by atoms with Crippen molar-refractivity contribution >= 4 is 23.1 Å². The van der Waals surface area contributed by atoms with E-state index in [4.69, 9.17) is 9.47 Å². The lowest BCUT2D eigenvalue weighted by Crippen LogP contribution is -2.47. The molecule has 4 rings (SSSR count). The Kier molecular flexibility index (Phi) is 6.07. The summed E-state index contributed by atoms with van der Waals surface area (Å²) in [6.45, 7) is 11.5. The van der Waals surface area contributed by atoms with Gasteiger partial charge in [0.25, 0.3) is 11.8 Å². The number of ether oxygens (including phenoxy) is 2. The normalized spacial score (nSPS) is 21.5. The van der Waals surface area contributed by atoms with Gasteiger partial charge in [0, 0.05) is 13.1 Å². The van der Waals surface area contributed by atoms with Gasteiger partial charge in [0.05, 0.1) is 30.1 Å². The second-order valence-corrected chi connectivity index (χ2v) is 8.58. The summed E-state index contributed by atoms with van der Waals surface area (Å²) in [5.74, 6) is 0.148. The average molecular weight is 435 g/mol. The Morgan fingerprint density at radius 1 is 0.969 bits per heavy atom. The van der Waals surface area contributed by atoms with E-state index in [1.165, 1.54) is 4.90 Å². The molecule has 0 aliphatic carbocycles. The van der Waals surface area contributed by atoms with Crippen LogP contribution in [-0.4, -0.2) is 48.6 Å². The summed E-state index contributed by atoms with van der Waals surface area (Å²) in [7, 11) is 0. The van der Waals surface area contributed by atoms with Crippen LogP contribution in [-0.2, 0) is 14.3 Å². The molecule has 0 radical (unpaired) electrons. The molecule has 0 saturated carbocycles. The molecule has 168 valence electrons. The van der Waals surface area contributed by atoms with Crippen LogP contribution in [0.25, 0.3) is 5.57 Å². The number of carbonyl (C=O) groups excluding carboxylic acids is 2. The fourth-order valence-corrected chi connectivity index (χ4v) is 4.59. The third-order valence-electron chi connectivity index (χ3n) is 5.84. The lowest BCUT2D eigenvalue weighted by Gasteiger charge is -2.37. The van der Waals surface area contributed by atoms with Crippen LogP contribution in [0.15, 0.2) is 48.2 Å². The van der Waals surface area contributed by atoms with Crippen molar-refractivity contribution in [1.29, 1.82) is 0 Å². The molecule has 2 heterocycles. The summed E-state index contributed by atoms with van der Waals surface area (Å²) in [5.41, 5.74) is 4.18. The Morgan fingerprint density at radius 2 is 1.62 bits per heavy atom. The molecule has 2 aromatic carbocycles. The minimum Gasteiger partial charge on any atom is -0.494 e. The Labute approximate surface area is 189 Å². The molecular weight excluding hydrogens is 404 g/mol. The zero-order chi connectivity index (χ0) is 23.0. The number of hydrogen-bond acceptors (Lipinski definition) is 5. The Hall–Kier alpha value is -3.12. The van der Waals surface area contributed by atoms with Gasteiger partial charge in [-0.3, -0.25) is 9.59 Å². The number of hydrogen-bond donors (Lipinski definition) is 0. The molecule has 2 unspecified atom stereocenters. The molecular formula is C26H30N2O4. The predicted octanol–water partition coefficient (Wildman–Crippen LogP) is 4.10. The molecule has 0 aromatic heterocycles. The molecule has 2 aliphatic rings. The molecule has 6 nitrogen and oxygen atoms in total. The number of aryl methyl sites for hydroxylation is 2. The highest BCUT2D eigenvalue weighted by Gasteiger charge is 2.44. The van der Waals surface area contributed by atoms with Gasteiger partial charge in [0.2, 0.25) is 0 Å². The van der Waals surface area contributed by atoms with Crippen molar-refractivity contribution in [3.8, 4) is 5.75 Å². The van der Waals surface area contributed by atoms with Crippen molar-refractivity contribution < 1.29 is 19.1 Å². The van der Waals surface area contributed by atoms with Gasteiger partial charge in [-0.25, -0.2) is 4.90 Å². The van der Waals surface area contributed by atoms with E-state index in [9.17, 15) is 9.59 Å². The summed E-state index contributed by atoms with van der Waals surface area (Å²) < 4.78 is 11.4. The Bertz CT molecular complexity index is 1060. The van der Waals surface area contributed by atoms with E-state index < -0.39 is 0 Å².